The fourth-order valence-electron chi connectivity index (χ4n) is 4.08. The quantitative estimate of drug-likeness (QED) is 0.386. The Balaban J connectivity index is 1.54. The van der Waals surface area contributed by atoms with E-state index in [2.05, 4.69) is 5.32 Å². The molecule has 0 fully saturated rings. The summed E-state index contributed by atoms with van der Waals surface area (Å²) >= 11 is 0. The number of anilines is 2. The molecule has 6 nitrogen and oxygen atoms in total. The number of nitrogens with two attached hydrogens (primary N) is 1. The Bertz CT molecular complexity index is 1420. The Labute approximate surface area is 194 Å². The predicted octanol–water partition coefficient (Wildman–Crippen LogP) is 4.66. The van der Waals surface area contributed by atoms with Crippen LogP contribution in [0.25, 0.3) is 22.5 Å². The number of rotatable bonds is 4. The second-order valence-corrected chi connectivity index (χ2v) is 8.15. The van der Waals surface area contributed by atoms with Crippen LogP contribution in [0.4, 0.5) is 20.3 Å². The maximum absolute atomic E-state index is 13.6. The fourth-order valence-corrected chi connectivity index (χ4v) is 4.08. The molecule has 0 saturated heterocycles. The molecule has 170 valence electrons. The molecule has 0 bridgehead atoms. The zero-order valence-corrected chi connectivity index (χ0v) is 18.0. The summed E-state index contributed by atoms with van der Waals surface area (Å²) in [5, 5.41) is 12.5. The predicted molar refractivity (Wildman–Crippen MR) is 125 cm³/mol. The number of aromatic nitrogens is 2. The van der Waals surface area contributed by atoms with E-state index >= 15 is 0 Å². The number of carbonyl (C=O) groups excluding carboxylic acids is 1. The van der Waals surface area contributed by atoms with Gasteiger partial charge in [0, 0.05) is 16.8 Å². The summed E-state index contributed by atoms with van der Waals surface area (Å²) in [4.78, 5) is 22.4. The molecular weight excluding hydrogens is 438 g/mol. The Morgan fingerprint density at radius 3 is 2.50 bits per heavy atom. The van der Waals surface area contributed by atoms with Crippen LogP contribution in [0, 0.1) is 11.6 Å². The van der Waals surface area contributed by atoms with Crippen LogP contribution in [0.15, 0.2) is 60.7 Å². The van der Waals surface area contributed by atoms with E-state index in [1.54, 1.807) is 12.1 Å². The molecule has 1 amide bonds. The maximum atomic E-state index is 13.6. The highest BCUT2D eigenvalue weighted by atomic mass is 19.2. The van der Waals surface area contributed by atoms with Crippen molar-refractivity contribution in [3.05, 3.63) is 89.1 Å². The SMILES string of the molecule is Nc1ccc2c(c1)CCc1nc(NC(=O)Cc3ccc(F)c(F)c3)c(-c3ccc(O)cc3)nc1-2. The zero-order chi connectivity index (χ0) is 23.8. The highest BCUT2D eigenvalue weighted by Gasteiger charge is 2.23. The van der Waals surface area contributed by atoms with Crippen LogP contribution >= 0.6 is 0 Å². The van der Waals surface area contributed by atoms with E-state index in [0.29, 0.717) is 34.6 Å². The molecule has 4 aromatic rings. The Morgan fingerprint density at radius 1 is 0.941 bits per heavy atom. The first-order chi connectivity index (χ1) is 16.4. The molecule has 0 radical (unpaired) electrons. The Morgan fingerprint density at radius 2 is 1.74 bits per heavy atom. The molecule has 0 aliphatic heterocycles. The van der Waals surface area contributed by atoms with Crippen LogP contribution in [0.2, 0.25) is 0 Å². The van der Waals surface area contributed by atoms with Crippen molar-refractivity contribution in [2.75, 3.05) is 11.1 Å². The summed E-state index contributed by atoms with van der Waals surface area (Å²) in [6.45, 7) is 0. The number of fused-ring (bicyclic) bond motifs is 3. The first kappa shape index (κ1) is 21.5. The second-order valence-electron chi connectivity index (χ2n) is 8.15. The number of phenolic OH excluding ortho intramolecular Hbond substituents is 1. The van der Waals surface area contributed by atoms with Gasteiger partial charge in [0.25, 0.3) is 0 Å². The molecule has 0 spiro atoms. The van der Waals surface area contributed by atoms with Gasteiger partial charge in [-0.3, -0.25) is 4.79 Å². The van der Waals surface area contributed by atoms with Crippen LogP contribution in [0.5, 0.6) is 5.75 Å². The first-order valence-corrected chi connectivity index (χ1v) is 10.7. The van der Waals surface area contributed by atoms with Gasteiger partial charge in [-0.05, 0) is 72.5 Å². The molecule has 0 saturated carbocycles. The van der Waals surface area contributed by atoms with Crippen molar-refractivity contribution < 1.29 is 18.7 Å². The van der Waals surface area contributed by atoms with Gasteiger partial charge in [-0.25, -0.2) is 18.7 Å². The molecule has 1 aliphatic carbocycles. The monoisotopic (exact) mass is 458 g/mol. The third kappa shape index (κ3) is 4.17. The van der Waals surface area contributed by atoms with Crippen LogP contribution in [0.3, 0.4) is 0 Å². The third-order valence-corrected chi connectivity index (χ3v) is 5.73. The maximum Gasteiger partial charge on any atom is 0.230 e. The van der Waals surface area contributed by atoms with Crippen molar-refractivity contribution in [1.29, 1.82) is 0 Å². The van der Waals surface area contributed by atoms with Crippen LogP contribution < -0.4 is 11.1 Å². The van der Waals surface area contributed by atoms with Gasteiger partial charge in [0.2, 0.25) is 5.91 Å². The van der Waals surface area contributed by atoms with Crippen molar-refractivity contribution in [2.24, 2.45) is 0 Å². The van der Waals surface area contributed by atoms with Gasteiger partial charge in [-0.1, -0.05) is 12.1 Å². The molecule has 3 aromatic carbocycles. The van der Waals surface area contributed by atoms with E-state index < -0.39 is 17.5 Å². The van der Waals surface area contributed by atoms with Gasteiger partial charge < -0.3 is 16.2 Å². The lowest BCUT2D eigenvalue weighted by atomic mass is 9.91. The average molecular weight is 458 g/mol. The van der Waals surface area contributed by atoms with Crippen molar-refractivity contribution in [3.8, 4) is 28.3 Å². The molecule has 5 rings (SSSR count). The summed E-state index contributed by atoms with van der Waals surface area (Å²) in [6, 6.07) is 15.4. The average Bonchev–Trinajstić information content (AvgIpc) is 2.81. The van der Waals surface area contributed by atoms with Gasteiger partial charge in [0.05, 0.1) is 17.8 Å². The van der Waals surface area contributed by atoms with Crippen LogP contribution in [0.1, 0.15) is 16.8 Å². The van der Waals surface area contributed by atoms with E-state index in [4.69, 9.17) is 15.7 Å². The number of nitrogens with zero attached hydrogens (tertiary/aromatic N) is 2. The van der Waals surface area contributed by atoms with E-state index in [1.807, 2.05) is 18.2 Å². The van der Waals surface area contributed by atoms with Gasteiger partial charge in [0.1, 0.15) is 11.4 Å². The molecular formula is C26H20F2N4O2. The number of nitrogen functional groups attached to an aromatic ring is 1. The summed E-state index contributed by atoms with van der Waals surface area (Å²) in [6.07, 6.45) is 1.20. The van der Waals surface area contributed by atoms with E-state index in [0.717, 1.165) is 35.4 Å². The van der Waals surface area contributed by atoms with Crippen molar-refractivity contribution in [1.82, 2.24) is 9.97 Å². The Kier molecular flexibility index (Phi) is 5.41. The number of aryl methyl sites for hydroxylation is 2. The lowest BCUT2D eigenvalue weighted by Crippen LogP contribution is -2.19. The Hall–Kier alpha value is -4.33. The lowest BCUT2D eigenvalue weighted by Gasteiger charge is -2.21. The van der Waals surface area contributed by atoms with Gasteiger partial charge in [-0.15, -0.1) is 0 Å². The van der Waals surface area contributed by atoms with E-state index in [-0.39, 0.29) is 18.0 Å². The number of carbonyl (C=O) groups is 1. The minimum atomic E-state index is -1.01. The van der Waals surface area contributed by atoms with Crippen LogP contribution in [-0.2, 0) is 24.1 Å². The van der Waals surface area contributed by atoms with E-state index in [1.165, 1.54) is 18.2 Å². The number of aromatic hydroxyl groups is 1. The number of nitrogens with one attached hydrogen (secondary N) is 1. The minimum Gasteiger partial charge on any atom is -0.508 e. The molecule has 8 heteroatoms. The lowest BCUT2D eigenvalue weighted by molar-refractivity contribution is -0.115. The van der Waals surface area contributed by atoms with Gasteiger partial charge in [0.15, 0.2) is 17.5 Å². The number of halogens is 2. The summed E-state index contributed by atoms with van der Waals surface area (Å²) in [5.74, 6) is -2.07. The normalized spacial score (nSPS) is 12.1. The summed E-state index contributed by atoms with van der Waals surface area (Å²) in [5.41, 5.74) is 11.5. The zero-order valence-electron chi connectivity index (χ0n) is 18.0. The topological polar surface area (TPSA) is 101 Å². The highest BCUT2D eigenvalue weighted by Crippen LogP contribution is 2.36. The van der Waals surface area contributed by atoms with Gasteiger partial charge in [-0.2, -0.15) is 0 Å². The van der Waals surface area contributed by atoms with E-state index in [9.17, 15) is 18.7 Å². The number of amides is 1. The molecule has 1 aromatic heterocycles. The first-order valence-electron chi connectivity index (χ1n) is 10.7. The minimum absolute atomic E-state index is 0.0967. The second kappa shape index (κ2) is 8.55. The molecule has 1 aliphatic rings. The molecule has 34 heavy (non-hydrogen) atoms. The van der Waals surface area contributed by atoms with Crippen molar-refractivity contribution >= 4 is 17.4 Å². The number of hydrogen-bond donors (Lipinski definition) is 3. The molecule has 0 atom stereocenters. The standard InChI is InChI=1S/C26H20F2N4O2/c27-20-9-1-14(11-21(20)28)12-23(34)31-26-24(15-2-6-18(33)7-3-15)32-25-19-8-5-17(29)13-16(19)4-10-22(25)30-26/h1-3,5-9,11,13,33H,4,10,12,29H2,(H,30,31,34). The third-order valence-electron chi connectivity index (χ3n) is 5.73. The van der Waals surface area contributed by atoms with Crippen molar-refractivity contribution in [3.63, 3.8) is 0 Å². The smallest absolute Gasteiger partial charge is 0.230 e. The molecule has 4 N–H and O–H groups in total. The number of phenols is 1. The molecule has 1 heterocycles. The largest absolute Gasteiger partial charge is 0.508 e. The summed E-state index contributed by atoms with van der Waals surface area (Å²) < 4.78 is 26.8. The van der Waals surface area contributed by atoms with Crippen molar-refractivity contribution in [2.45, 2.75) is 19.3 Å². The molecule has 0 unspecified atom stereocenters. The van der Waals surface area contributed by atoms with Gasteiger partial charge >= 0.3 is 0 Å². The highest BCUT2D eigenvalue weighted by molar-refractivity contribution is 5.95. The number of benzene rings is 3. The van der Waals surface area contributed by atoms with Crippen LogP contribution in [-0.4, -0.2) is 21.0 Å². The number of hydrogen-bond acceptors (Lipinski definition) is 5. The summed E-state index contributed by atoms with van der Waals surface area (Å²) in [7, 11) is 0. The fraction of sp³-hybridized carbons (Fsp3) is 0.115.